The number of para-hydroxylation sites is 1. The minimum Gasteiger partial charge on any atom is -0.258 e. The Balaban J connectivity index is 2.31. The second kappa shape index (κ2) is 4.72. The summed E-state index contributed by atoms with van der Waals surface area (Å²) in [5.41, 5.74) is 0.760. The molecule has 0 unspecified atom stereocenters. The van der Waals surface area contributed by atoms with Crippen molar-refractivity contribution in [2.45, 2.75) is 0 Å². The van der Waals surface area contributed by atoms with Crippen LogP contribution < -0.4 is 0 Å². The lowest BCUT2D eigenvalue weighted by atomic mass is 10.1. The Morgan fingerprint density at radius 2 is 1.94 bits per heavy atom. The van der Waals surface area contributed by atoms with Crippen LogP contribution in [0, 0.1) is 10.1 Å². The van der Waals surface area contributed by atoms with E-state index in [0.29, 0.717) is 5.56 Å². The average molecular weight is 231 g/mol. The topological polar surface area (TPSA) is 43.1 Å². The van der Waals surface area contributed by atoms with Gasteiger partial charge in [-0.25, -0.2) is 0 Å². The molecule has 0 saturated carbocycles. The van der Waals surface area contributed by atoms with Crippen molar-refractivity contribution < 1.29 is 4.92 Å². The minimum absolute atomic E-state index is 0.135. The largest absolute Gasteiger partial charge is 0.276 e. The van der Waals surface area contributed by atoms with Crippen molar-refractivity contribution in [1.29, 1.82) is 0 Å². The van der Waals surface area contributed by atoms with Crippen LogP contribution in [-0.2, 0) is 0 Å². The molecule has 0 radical (unpaired) electrons. The van der Waals surface area contributed by atoms with Crippen LogP contribution in [0.25, 0.3) is 12.2 Å². The first-order chi connectivity index (χ1) is 7.77. The number of nitro benzene ring substituents is 1. The highest BCUT2D eigenvalue weighted by atomic mass is 32.1. The summed E-state index contributed by atoms with van der Waals surface area (Å²) in [6.45, 7) is 0. The molecule has 0 spiro atoms. The van der Waals surface area contributed by atoms with E-state index in [1.165, 1.54) is 6.07 Å². The number of nitro groups is 1. The van der Waals surface area contributed by atoms with E-state index in [1.807, 2.05) is 23.6 Å². The van der Waals surface area contributed by atoms with E-state index in [1.54, 1.807) is 35.6 Å². The minimum atomic E-state index is -0.367. The Morgan fingerprint density at radius 1 is 1.12 bits per heavy atom. The Kier molecular flexibility index (Phi) is 3.12. The molecule has 16 heavy (non-hydrogen) atoms. The molecule has 0 saturated heterocycles. The van der Waals surface area contributed by atoms with E-state index in [0.717, 1.165) is 4.88 Å². The van der Waals surface area contributed by atoms with Crippen molar-refractivity contribution in [3.63, 3.8) is 0 Å². The van der Waals surface area contributed by atoms with Gasteiger partial charge in [0.15, 0.2) is 0 Å². The predicted octanol–water partition coefficient (Wildman–Crippen LogP) is 3.83. The quantitative estimate of drug-likeness (QED) is 0.595. The van der Waals surface area contributed by atoms with Gasteiger partial charge < -0.3 is 0 Å². The van der Waals surface area contributed by atoms with E-state index < -0.39 is 0 Å². The highest BCUT2D eigenvalue weighted by Gasteiger charge is 2.08. The fourth-order valence-corrected chi connectivity index (χ4v) is 1.97. The molecule has 1 aromatic carbocycles. The van der Waals surface area contributed by atoms with Crippen LogP contribution in [0.2, 0.25) is 0 Å². The first kappa shape index (κ1) is 10.6. The molecule has 0 bridgehead atoms. The van der Waals surface area contributed by atoms with E-state index in [-0.39, 0.29) is 10.6 Å². The predicted molar refractivity (Wildman–Crippen MR) is 66.3 cm³/mol. The van der Waals surface area contributed by atoms with E-state index in [9.17, 15) is 10.1 Å². The van der Waals surface area contributed by atoms with Gasteiger partial charge in [0.25, 0.3) is 5.69 Å². The van der Waals surface area contributed by atoms with E-state index in [2.05, 4.69) is 0 Å². The molecule has 80 valence electrons. The highest BCUT2D eigenvalue weighted by Crippen LogP contribution is 2.21. The standard InChI is InChI=1S/C12H9NO2S/c14-13(15)12-6-2-1-4-10(12)7-8-11-5-3-9-16-11/h1-9H. The van der Waals surface area contributed by atoms with Gasteiger partial charge in [-0.15, -0.1) is 11.3 Å². The van der Waals surface area contributed by atoms with Crippen LogP contribution in [-0.4, -0.2) is 4.92 Å². The first-order valence-electron chi connectivity index (χ1n) is 4.72. The lowest BCUT2D eigenvalue weighted by Gasteiger charge is -1.95. The van der Waals surface area contributed by atoms with Gasteiger partial charge in [-0.3, -0.25) is 10.1 Å². The van der Waals surface area contributed by atoms with Gasteiger partial charge in [-0.2, -0.15) is 0 Å². The van der Waals surface area contributed by atoms with Crippen molar-refractivity contribution in [2.24, 2.45) is 0 Å². The van der Waals surface area contributed by atoms with Crippen molar-refractivity contribution in [1.82, 2.24) is 0 Å². The third-order valence-corrected chi connectivity index (χ3v) is 2.94. The molecular formula is C12H9NO2S. The highest BCUT2D eigenvalue weighted by molar-refractivity contribution is 7.10. The molecule has 0 aliphatic heterocycles. The summed E-state index contributed by atoms with van der Waals surface area (Å²) in [5, 5.41) is 12.7. The van der Waals surface area contributed by atoms with Crippen LogP contribution in [0.4, 0.5) is 5.69 Å². The Hall–Kier alpha value is -1.94. The number of nitrogens with zero attached hydrogens (tertiary/aromatic N) is 1. The van der Waals surface area contributed by atoms with Crippen LogP contribution in [0.5, 0.6) is 0 Å². The van der Waals surface area contributed by atoms with Gasteiger partial charge in [-0.05, 0) is 29.7 Å². The molecule has 0 aliphatic rings. The summed E-state index contributed by atoms with van der Waals surface area (Å²) in [6, 6.07) is 10.6. The number of rotatable bonds is 3. The Morgan fingerprint density at radius 3 is 2.62 bits per heavy atom. The third kappa shape index (κ3) is 2.35. The molecule has 2 aromatic rings. The van der Waals surface area contributed by atoms with Crippen LogP contribution in [0.15, 0.2) is 41.8 Å². The molecule has 1 heterocycles. The molecular weight excluding hydrogens is 222 g/mol. The van der Waals surface area contributed by atoms with Crippen LogP contribution in [0.3, 0.4) is 0 Å². The van der Waals surface area contributed by atoms with Gasteiger partial charge in [0.2, 0.25) is 0 Å². The summed E-state index contributed by atoms with van der Waals surface area (Å²) < 4.78 is 0. The molecule has 2 rings (SSSR count). The molecule has 0 aliphatic carbocycles. The van der Waals surface area contributed by atoms with Crippen molar-refractivity contribution >= 4 is 29.2 Å². The smallest absolute Gasteiger partial charge is 0.258 e. The normalized spacial score (nSPS) is 10.8. The molecule has 4 heteroatoms. The van der Waals surface area contributed by atoms with Crippen molar-refractivity contribution in [2.75, 3.05) is 0 Å². The third-order valence-electron chi connectivity index (χ3n) is 2.10. The lowest BCUT2D eigenvalue weighted by Crippen LogP contribution is -1.90. The fourth-order valence-electron chi connectivity index (χ4n) is 1.35. The summed E-state index contributed by atoms with van der Waals surface area (Å²) in [7, 11) is 0. The zero-order chi connectivity index (χ0) is 11.4. The summed E-state index contributed by atoms with van der Waals surface area (Å²) in [5.74, 6) is 0. The van der Waals surface area contributed by atoms with Gasteiger partial charge in [-0.1, -0.05) is 18.2 Å². The van der Waals surface area contributed by atoms with Crippen LogP contribution >= 0.6 is 11.3 Å². The lowest BCUT2D eigenvalue weighted by molar-refractivity contribution is -0.385. The molecule has 0 fully saturated rings. The van der Waals surface area contributed by atoms with Crippen molar-refractivity contribution in [3.05, 3.63) is 62.3 Å². The molecule has 0 N–H and O–H groups in total. The van der Waals surface area contributed by atoms with Gasteiger partial charge >= 0.3 is 0 Å². The zero-order valence-electron chi connectivity index (χ0n) is 8.37. The fraction of sp³-hybridized carbons (Fsp3) is 0. The molecule has 3 nitrogen and oxygen atoms in total. The Bertz CT molecular complexity index is 518. The summed E-state index contributed by atoms with van der Waals surface area (Å²) in [4.78, 5) is 11.5. The monoisotopic (exact) mass is 231 g/mol. The summed E-state index contributed by atoms with van der Waals surface area (Å²) in [6.07, 6.45) is 3.65. The van der Waals surface area contributed by atoms with Gasteiger partial charge in [0, 0.05) is 10.9 Å². The van der Waals surface area contributed by atoms with Gasteiger partial charge in [0.05, 0.1) is 10.5 Å². The van der Waals surface area contributed by atoms with E-state index in [4.69, 9.17) is 0 Å². The molecule has 1 aromatic heterocycles. The SMILES string of the molecule is O=[N+]([O-])c1ccccc1C=Cc1cccs1. The van der Waals surface area contributed by atoms with E-state index >= 15 is 0 Å². The maximum atomic E-state index is 10.8. The van der Waals surface area contributed by atoms with Crippen LogP contribution in [0.1, 0.15) is 10.4 Å². The van der Waals surface area contributed by atoms with Gasteiger partial charge in [0.1, 0.15) is 0 Å². The first-order valence-corrected chi connectivity index (χ1v) is 5.60. The zero-order valence-corrected chi connectivity index (χ0v) is 9.18. The number of hydrogen-bond donors (Lipinski definition) is 0. The summed E-state index contributed by atoms with van der Waals surface area (Å²) >= 11 is 1.60. The van der Waals surface area contributed by atoms with Crippen molar-refractivity contribution in [3.8, 4) is 0 Å². The maximum Gasteiger partial charge on any atom is 0.276 e. The Labute approximate surface area is 96.8 Å². The molecule has 0 amide bonds. The average Bonchev–Trinajstić information content (AvgIpc) is 2.79. The number of hydrogen-bond acceptors (Lipinski definition) is 3. The number of thiophene rings is 1. The molecule has 0 atom stereocenters. The second-order valence-corrected chi connectivity index (χ2v) is 4.14. The number of benzene rings is 1. The second-order valence-electron chi connectivity index (χ2n) is 3.16. The maximum absolute atomic E-state index is 10.8.